The molecule has 2 heterocycles. The Morgan fingerprint density at radius 2 is 2.04 bits per heavy atom. The number of amides is 1. The van der Waals surface area contributed by atoms with E-state index < -0.39 is 0 Å². The van der Waals surface area contributed by atoms with Crippen molar-refractivity contribution < 1.29 is 9.69 Å². The highest BCUT2D eigenvalue weighted by molar-refractivity contribution is 8.02. The minimum atomic E-state index is -0.159. The third-order valence-electron chi connectivity index (χ3n) is 4.13. The Morgan fingerprint density at radius 3 is 2.67 bits per heavy atom. The topological polar surface area (TPSA) is 76.5 Å². The van der Waals surface area contributed by atoms with E-state index in [0.717, 1.165) is 37.1 Å². The molecule has 128 valence electrons. The number of nitrogens with one attached hydrogen (secondary N) is 1. The average molecular weight is 365 g/mol. The van der Waals surface area contributed by atoms with Gasteiger partial charge in [-0.05, 0) is 6.92 Å². The van der Waals surface area contributed by atoms with Crippen LogP contribution >= 0.6 is 23.1 Å². The molecule has 1 aromatic heterocycles. The first kappa shape index (κ1) is 17.2. The molecular formula is C16H22N5OS2+. The summed E-state index contributed by atoms with van der Waals surface area (Å²) in [6.07, 6.45) is 0. The largest absolute Gasteiger partial charge is 0.374 e. The summed E-state index contributed by atoms with van der Waals surface area (Å²) in [5.74, 6) is 0.174. The summed E-state index contributed by atoms with van der Waals surface area (Å²) in [5, 5.41) is 8.04. The number of carbonyl (C=O) groups is 1. The van der Waals surface area contributed by atoms with Crippen LogP contribution in [0.25, 0.3) is 0 Å². The third kappa shape index (κ3) is 4.46. The van der Waals surface area contributed by atoms with Crippen molar-refractivity contribution in [1.82, 2.24) is 15.1 Å². The number of aromatic nitrogens is 2. The molecule has 8 heteroatoms. The van der Waals surface area contributed by atoms with E-state index in [1.54, 1.807) is 0 Å². The lowest BCUT2D eigenvalue weighted by Crippen LogP contribution is -3.13. The van der Waals surface area contributed by atoms with E-state index in [2.05, 4.69) is 34.5 Å². The lowest BCUT2D eigenvalue weighted by atomic mass is 10.2. The fraction of sp³-hybridized carbons (Fsp3) is 0.438. The van der Waals surface area contributed by atoms with Crippen molar-refractivity contribution in [2.45, 2.75) is 23.1 Å². The molecule has 1 amide bonds. The second-order valence-electron chi connectivity index (χ2n) is 5.90. The summed E-state index contributed by atoms with van der Waals surface area (Å²) in [6.45, 7) is 6.55. The maximum Gasteiger partial charge on any atom is 0.236 e. The van der Waals surface area contributed by atoms with Crippen LogP contribution in [-0.4, -0.2) is 52.4 Å². The van der Waals surface area contributed by atoms with E-state index in [4.69, 9.17) is 5.73 Å². The molecule has 24 heavy (non-hydrogen) atoms. The van der Waals surface area contributed by atoms with Gasteiger partial charge in [-0.25, -0.2) is 0 Å². The Hall–Kier alpha value is -1.64. The van der Waals surface area contributed by atoms with Gasteiger partial charge in [0.2, 0.25) is 11.0 Å². The molecule has 0 unspecified atom stereocenters. The number of hydrogen-bond acceptors (Lipinski definition) is 6. The summed E-state index contributed by atoms with van der Waals surface area (Å²) in [7, 11) is 0. The highest BCUT2D eigenvalue weighted by Gasteiger charge is 2.28. The van der Waals surface area contributed by atoms with Crippen LogP contribution in [-0.2, 0) is 11.3 Å². The lowest BCUT2D eigenvalue weighted by molar-refractivity contribution is -0.917. The number of benzene rings is 1. The Labute approximate surface area is 150 Å². The van der Waals surface area contributed by atoms with E-state index in [-0.39, 0.29) is 11.2 Å². The fourth-order valence-corrected chi connectivity index (χ4v) is 4.70. The average Bonchev–Trinajstić information content (AvgIpc) is 3.00. The smallest absolute Gasteiger partial charge is 0.236 e. The zero-order valence-corrected chi connectivity index (χ0v) is 15.3. The van der Waals surface area contributed by atoms with E-state index in [9.17, 15) is 4.79 Å². The number of piperazine rings is 1. The van der Waals surface area contributed by atoms with Crippen molar-refractivity contribution in [3.63, 3.8) is 0 Å². The number of anilines is 1. The Kier molecular flexibility index (Phi) is 5.70. The SMILES string of the molecule is C[C@@H](Sc1nnc(N)s1)C(=O)N1CC[NH+](Cc2ccccc2)CC1. The summed E-state index contributed by atoms with van der Waals surface area (Å²) < 4.78 is 0.752. The number of rotatable bonds is 5. The first-order valence-electron chi connectivity index (χ1n) is 8.04. The fourth-order valence-electron chi connectivity index (χ4n) is 2.83. The predicted molar refractivity (Wildman–Crippen MR) is 97.1 cm³/mol. The predicted octanol–water partition coefficient (Wildman–Crippen LogP) is 0.528. The number of thioether (sulfide) groups is 1. The van der Waals surface area contributed by atoms with Crippen LogP contribution in [0, 0.1) is 0 Å². The summed E-state index contributed by atoms with van der Waals surface area (Å²) >= 11 is 2.76. The van der Waals surface area contributed by atoms with Gasteiger partial charge in [0.25, 0.3) is 0 Å². The molecule has 0 bridgehead atoms. The molecule has 1 aliphatic heterocycles. The van der Waals surface area contributed by atoms with E-state index in [1.165, 1.54) is 33.6 Å². The van der Waals surface area contributed by atoms with Gasteiger partial charge in [0.15, 0.2) is 4.34 Å². The molecule has 1 saturated heterocycles. The summed E-state index contributed by atoms with van der Waals surface area (Å²) in [6, 6.07) is 10.5. The lowest BCUT2D eigenvalue weighted by Gasteiger charge is -2.33. The number of nitrogens with two attached hydrogens (primary N) is 1. The molecular weight excluding hydrogens is 342 g/mol. The Morgan fingerprint density at radius 1 is 1.33 bits per heavy atom. The second-order valence-corrected chi connectivity index (χ2v) is 8.50. The molecule has 1 fully saturated rings. The molecule has 2 aromatic rings. The molecule has 0 saturated carbocycles. The molecule has 0 aliphatic carbocycles. The first-order valence-corrected chi connectivity index (χ1v) is 9.73. The van der Waals surface area contributed by atoms with Crippen LogP contribution in [0.4, 0.5) is 5.13 Å². The normalized spacial score (nSPS) is 17.0. The zero-order valence-electron chi connectivity index (χ0n) is 13.6. The number of carbonyl (C=O) groups excluding carboxylic acids is 1. The van der Waals surface area contributed by atoms with Gasteiger partial charge in [-0.3, -0.25) is 4.79 Å². The van der Waals surface area contributed by atoms with Crippen LogP contribution in [0.15, 0.2) is 34.7 Å². The van der Waals surface area contributed by atoms with Gasteiger partial charge in [0.05, 0.1) is 31.4 Å². The Bertz CT molecular complexity index is 670. The molecule has 1 atom stereocenters. The van der Waals surface area contributed by atoms with Crippen LogP contribution in [0.2, 0.25) is 0 Å². The second kappa shape index (κ2) is 7.96. The van der Waals surface area contributed by atoms with E-state index in [0.29, 0.717) is 5.13 Å². The molecule has 3 N–H and O–H groups in total. The van der Waals surface area contributed by atoms with Crippen LogP contribution < -0.4 is 10.6 Å². The zero-order chi connectivity index (χ0) is 16.9. The van der Waals surface area contributed by atoms with Crippen molar-refractivity contribution in [3.8, 4) is 0 Å². The standard InChI is InChI=1S/C16H21N5OS2/c1-12(23-16-19-18-15(17)24-16)14(22)21-9-7-20(8-10-21)11-13-5-3-2-4-6-13/h2-6,12H,7-11H2,1H3,(H2,17,18)/p+1/t12-/m1/s1. The van der Waals surface area contributed by atoms with Crippen molar-refractivity contribution in [1.29, 1.82) is 0 Å². The summed E-state index contributed by atoms with van der Waals surface area (Å²) in [4.78, 5) is 16.1. The van der Waals surface area contributed by atoms with Crippen molar-refractivity contribution >= 4 is 34.1 Å². The van der Waals surface area contributed by atoms with Crippen molar-refractivity contribution in [3.05, 3.63) is 35.9 Å². The maximum atomic E-state index is 12.6. The first-order chi connectivity index (χ1) is 11.6. The van der Waals surface area contributed by atoms with E-state index in [1.807, 2.05) is 17.9 Å². The van der Waals surface area contributed by atoms with Gasteiger partial charge in [-0.2, -0.15) is 0 Å². The Balaban J connectivity index is 1.47. The van der Waals surface area contributed by atoms with Crippen LogP contribution in [0.3, 0.4) is 0 Å². The monoisotopic (exact) mass is 364 g/mol. The minimum absolute atomic E-state index is 0.159. The van der Waals surface area contributed by atoms with Gasteiger partial charge < -0.3 is 15.5 Å². The van der Waals surface area contributed by atoms with Gasteiger partial charge in [0.1, 0.15) is 6.54 Å². The number of quaternary nitrogens is 1. The van der Waals surface area contributed by atoms with E-state index >= 15 is 0 Å². The molecule has 0 spiro atoms. The number of nitrogen functional groups attached to an aromatic ring is 1. The summed E-state index contributed by atoms with van der Waals surface area (Å²) in [5.41, 5.74) is 6.94. The molecule has 6 nitrogen and oxygen atoms in total. The highest BCUT2D eigenvalue weighted by atomic mass is 32.2. The minimum Gasteiger partial charge on any atom is -0.374 e. The molecule has 0 radical (unpaired) electrons. The number of nitrogens with zero attached hydrogens (tertiary/aromatic N) is 3. The van der Waals surface area contributed by atoms with Gasteiger partial charge >= 0.3 is 0 Å². The van der Waals surface area contributed by atoms with Crippen molar-refractivity contribution in [2.24, 2.45) is 0 Å². The molecule has 3 rings (SSSR count). The van der Waals surface area contributed by atoms with Crippen LogP contribution in [0.5, 0.6) is 0 Å². The van der Waals surface area contributed by atoms with Gasteiger partial charge in [-0.15, -0.1) is 10.2 Å². The van der Waals surface area contributed by atoms with Crippen LogP contribution in [0.1, 0.15) is 12.5 Å². The van der Waals surface area contributed by atoms with Crippen molar-refractivity contribution in [2.75, 3.05) is 31.9 Å². The van der Waals surface area contributed by atoms with Gasteiger partial charge in [-0.1, -0.05) is 53.4 Å². The van der Waals surface area contributed by atoms with Gasteiger partial charge in [0, 0.05) is 5.56 Å². The number of hydrogen-bond donors (Lipinski definition) is 2. The molecule has 1 aliphatic rings. The maximum absolute atomic E-state index is 12.6. The highest BCUT2D eigenvalue weighted by Crippen LogP contribution is 2.28. The third-order valence-corrected chi connectivity index (χ3v) is 6.05. The quantitative estimate of drug-likeness (QED) is 0.757. The molecule has 1 aromatic carbocycles.